The lowest BCUT2D eigenvalue weighted by atomic mass is 10.0. The van der Waals surface area contributed by atoms with Gasteiger partial charge in [0.1, 0.15) is 6.04 Å². The minimum absolute atomic E-state index is 0.204. The second kappa shape index (κ2) is 6.88. The molecule has 1 aromatic heterocycles. The van der Waals surface area contributed by atoms with Crippen molar-refractivity contribution in [2.24, 2.45) is 0 Å². The van der Waals surface area contributed by atoms with Crippen LogP contribution in [0.5, 0.6) is 0 Å². The molecular weight excluding hydrogens is 372 g/mol. The van der Waals surface area contributed by atoms with Crippen molar-refractivity contribution in [3.63, 3.8) is 0 Å². The number of H-pyrrole nitrogens is 1. The van der Waals surface area contributed by atoms with Crippen molar-refractivity contribution in [2.75, 3.05) is 0 Å². The van der Waals surface area contributed by atoms with Crippen LogP contribution in [-0.4, -0.2) is 28.0 Å². The molecule has 1 amide bonds. The number of halogens is 1. The van der Waals surface area contributed by atoms with Crippen molar-refractivity contribution in [2.45, 2.75) is 12.5 Å². The average Bonchev–Trinajstić information content (AvgIpc) is 2.97. The minimum atomic E-state index is -1.07. The van der Waals surface area contributed by atoms with Crippen LogP contribution < -0.4 is 5.32 Å². The Hall–Kier alpha value is -2.60. The fraction of sp³-hybridized carbons (Fsp3) is 0.111. The van der Waals surface area contributed by atoms with Crippen molar-refractivity contribution in [1.82, 2.24) is 10.3 Å². The molecule has 3 rings (SSSR count). The van der Waals surface area contributed by atoms with Gasteiger partial charge in [-0.05, 0) is 39.7 Å². The Morgan fingerprint density at radius 3 is 2.58 bits per heavy atom. The van der Waals surface area contributed by atoms with Crippen LogP contribution in [0, 0.1) is 0 Å². The molecule has 0 saturated heterocycles. The number of carboxylic acids is 1. The molecule has 0 saturated carbocycles. The molecule has 3 aromatic rings. The fourth-order valence-corrected chi connectivity index (χ4v) is 3.07. The van der Waals surface area contributed by atoms with Gasteiger partial charge in [0.05, 0.1) is 5.56 Å². The number of nitrogens with one attached hydrogen (secondary N) is 2. The largest absolute Gasteiger partial charge is 0.480 e. The van der Waals surface area contributed by atoms with E-state index in [2.05, 4.69) is 26.2 Å². The van der Waals surface area contributed by atoms with Gasteiger partial charge < -0.3 is 15.4 Å². The molecule has 0 bridgehead atoms. The number of rotatable bonds is 5. The quantitative estimate of drug-likeness (QED) is 0.628. The molecule has 1 heterocycles. The average molecular weight is 387 g/mol. The summed E-state index contributed by atoms with van der Waals surface area (Å²) in [6.45, 7) is 0. The summed E-state index contributed by atoms with van der Waals surface area (Å²) in [5.74, 6) is -1.49. The van der Waals surface area contributed by atoms with Gasteiger partial charge in [-0.25, -0.2) is 4.79 Å². The first-order chi connectivity index (χ1) is 11.6. The topological polar surface area (TPSA) is 82.2 Å². The molecular formula is C18H15BrN2O3. The summed E-state index contributed by atoms with van der Waals surface area (Å²) < 4.78 is 0.624. The van der Waals surface area contributed by atoms with Gasteiger partial charge in [-0.15, -0.1) is 0 Å². The first kappa shape index (κ1) is 16.3. The molecule has 2 aromatic carbocycles. The molecule has 0 fully saturated rings. The van der Waals surface area contributed by atoms with Gasteiger partial charge in [0.25, 0.3) is 5.91 Å². The van der Waals surface area contributed by atoms with Crippen molar-refractivity contribution in [1.29, 1.82) is 0 Å². The third-order valence-electron chi connectivity index (χ3n) is 3.82. The van der Waals surface area contributed by atoms with Crippen molar-refractivity contribution in [3.8, 4) is 0 Å². The van der Waals surface area contributed by atoms with E-state index in [9.17, 15) is 14.7 Å². The molecule has 0 spiro atoms. The Labute approximate surface area is 146 Å². The Morgan fingerprint density at radius 2 is 1.83 bits per heavy atom. The number of aromatic nitrogens is 1. The molecule has 24 heavy (non-hydrogen) atoms. The molecule has 0 aliphatic rings. The fourth-order valence-electron chi connectivity index (χ4n) is 2.60. The van der Waals surface area contributed by atoms with Crippen molar-refractivity contribution in [3.05, 3.63) is 70.3 Å². The van der Waals surface area contributed by atoms with Gasteiger partial charge in [-0.2, -0.15) is 0 Å². The van der Waals surface area contributed by atoms with Gasteiger partial charge >= 0.3 is 5.97 Å². The lowest BCUT2D eigenvalue weighted by Crippen LogP contribution is -2.42. The Morgan fingerprint density at radius 1 is 1.12 bits per heavy atom. The normalized spacial score (nSPS) is 12.0. The molecule has 1 atom stereocenters. The summed E-state index contributed by atoms with van der Waals surface area (Å²) in [6, 6.07) is 13.6. The van der Waals surface area contributed by atoms with Crippen LogP contribution in [0.2, 0.25) is 0 Å². The van der Waals surface area contributed by atoms with E-state index >= 15 is 0 Å². The minimum Gasteiger partial charge on any atom is -0.480 e. The number of benzene rings is 2. The lowest BCUT2D eigenvalue weighted by Gasteiger charge is -2.15. The van der Waals surface area contributed by atoms with Crippen LogP contribution in [0.3, 0.4) is 0 Å². The number of carbonyl (C=O) groups excluding carboxylic acids is 1. The van der Waals surface area contributed by atoms with Crippen LogP contribution in [-0.2, 0) is 11.2 Å². The van der Waals surface area contributed by atoms with E-state index in [1.54, 1.807) is 30.5 Å². The van der Waals surface area contributed by atoms with Gasteiger partial charge in [0, 0.05) is 28.0 Å². The number of amides is 1. The van der Waals surface area contributed by atoms with Crippen LogP contribution in [0.25, 0.3) is 10.9 Å². The van der Waals surface area contributed by atoms with Crippen LogP contribution in [0.1, 0.15) is 15.9 Å². The van der Waals surface area contributed by atoms with E-state index in [0.29, 0.717) is 10.0 Å². The number of aliphatic carboxylic acids is 1. The molecule has 6 heteroatoms. The smallest absolute Gasteiger partial charge is 0.326 e. The zero-order valence-electron chi connectivity index (χ0n) is 12.6. The number of carbonyl (C=O) groups is 2. The first-order valence-electron chi connectivity index (χ1n) is 7.39. The Bertz CT molecular complexity index is 904. The molecule has 0 aliphatic heterocycles. The second-order valence-electron chi connectivity index (χ2n) is 5.41. The molecule has 1 unspecified atom stereocenters. The molecule has 122 valence electrons. The second-order valence-corrected chi connectivity index (χ2v) is 6.26. The summed E-state index contributed by atoms with van der Waals surface area (Å²) >= 11 is 3.30. The Balaban J connectivity index is 1.82. The maximum Gasteiger partial charge on any atom is 0.326 e. The van der Waals surface area contributed by atoms with Crippen molar-refractivity contribution < 1.29 is 14.7 Å². The molecule has 5 nitrogen and oxygen atoms in total. The highest BCUT2D eigenvalue weighted by atomic mass is 79.9. The summed E-state index contributed by atoms with van der Waals surface area (Å²) in [5.41, 5.74) is 2.20. The maximum absolute atomic E-state index is 12.4. The van der Waals surface area contributed by atoms with Crippen LogP contribution >= 0.6 is 15.9 Å². The molecule has 0 aliphatic carbocycles. The predicted molar refractivity (Wildman–Crippen MR) is 95.0 cm³/mol. The maximum atomic E-state index is 12.4. The molecule has 0 radical (unpaired) electrons. The Kier molecular flexibility index (Phi) is 4.66. The SMILES string of the molecule is O=C(NC(Cc1c[nH]c2ccccc12)C(=O)O)c1ccccc1Br. The van der Waals surface area contributed by atoms with E-state index in [1.165, 1.54) is 0 Å². The standard InChI is InChI=1S/C18H15BrN2O3/c19-14-7-3-1-6-13(14)17(22)21-16(18(23)24)9-11-10-20-15-8-4-2-5-12(11)15/h1-8,10,16,20H,9H2,(H,21,22)(H,23,24). The number of carboxylic acid groups (broad SMARTS) is 1. The zero-order chi connectivity index (χ0) is 17.1. The zero-order valence-corrected chi connectivity index (χ0v) is 14.2. The number of fused-ring (bicyclic) bond motifs is 1. The summed E-state index contributed by atoms with van der Waals surface area (Å²) in [4.78, 5) is 27.1. The van der Waals surface area contributed by atoms with Gasteiger partial charge in [-0.1, -0.05) is 30.3 Å². The van der Waals surface area contributed by atoms with E-state index in [4.69, 9.17) is 0 Å². The molecule has 3 N–H and O–H groups in total. The van der Waals surface area contributed by atoms with Crippen molar-refractivity contribution >= 4 is 38.7 Å². The number of hydrogen-bond donors (Lipinski definition) is 3. The van der Waals surface area contributed by atoms with Gasteiger partial charge in [-0.3, -0.25) is 4.79 Å². The number of hydrogen-bond acceptors (Lipinski definition) is 2. The van der Waals surface area contributed by atoms with E-state index in [0.717, 1.165) is 16.5 Å². The van der Waals surface area contributed by atoms with E-state index in [1.807, 2.05) is 24.3 Å². The number of aromatic amines is 1. The number of para-hydroxylation sites is 1. The predicted octanol–water partition coefficient (Wildman–Crippen LogP) is 3.36. The van der Waals surface area contributed by atoms with Gasteiger partial charge in [0.15, 0.2) is 0 Å². The third kappa shape index (κ3) is 3.33. The monoisotopic (exact) mass is 386 g/mol. The summed E-state index contributed by atoms with van der Waals surface area (Å²) in [5, 5.41) is 13.0. The van der Waals surface area contributed by atoms with Crippen LogP contribution in [0.15, 0.2) is 59.2 Å². The van der Waals surface area contributed by atoms with Crippen LogP contribution in [0.4, 0.5) is 0 Å². The highest BCUT2D eigenvalue weighted by Crippen LogP contribution is 2.20. The summed E-state index contributed by atoms with van der Waals surface area (Å²) in [7, 11) is 0. The third-order valence-corrected chi connectivity index (χ3v) is 4.51. The highest BCUT2D eigenvalue weighted by molar-refractivity contribution is 9.10. The van der Waals surface area contributed by atoms with Gasteiger partial charge in [0.2, 0.25) is 0 Å². The van der Waals surface area contributed by atoms with E-state index in [-0.39, 0.29) is 6.42 Å². The van der Waals surface area contributed by atoms with E-state index < -0.39 is 17.9 Å². The summed E-state index contributed by atoms with van der Waals surface area (Å²) in [6.07, 6.45) is 1.99. The first-order valence-corrected chi connectivity index (χ1v) is 8.19. The lowest BCUT2D eigenvalue weighted by molar-refractivity contribution is -0.139. The highest BCUT2D eigenvalue weighted by Gasteiger charge is 2.23.